The number of anilines is 1. The highest BCUT2D eigenvalue weighted by atomic mass is 32.2. The standard InChI is InChI=1S/C11H12N2O4S2/c1-7-10(18-11(15)12-7)19(16,17)13-9-4-2-3-8(5-9)6-14/h2-5,13-14H,6H2,1H3,(H,12,15). The van der Waals surface area contributed by atoms with Crippen molar-refractivity contribution in [3.8, 4) is 0 Å². The van der Waals surface area contributed by atoms with Crippen molar-refractivity contribution in [2.45, 2.75) is 17.7 Å². The highest BCUT2D eigenvalue weighted by molar-refractivity contribution is 7.94. The van der Waals surface area contributed by atoms with E-state index in [2.05, 4.69) is 9.71 Å². The van der Waals surface area contributed by atoms with Gasteiger partial charge in [0.2, 0.25) is 0 Å². The van der Waals surface area contributed by atoms with Crippen molar-refractivity contribution in [3.05, 3.63) is 45.2 Å². The quantitative estimate of drug-likeness (QED) is 0.785. The molecule has 0 radical (unpaired) electrons. The van der Waals surface area contributed by atoms with Crippen LogP contribution in [0.25, 0.3) is 0 Å². The molecule has 2 rings (SSSR count). The number of aromatic amines is 1. The van der Waals surface area contributed by atoms with Crippen LogP contribution in [0.4, 0.5) is 5.69 Å². The van der Waals surface area contributed by atoms with Crippen molar-refractivity contribution in [3.63, 3.8) is 0 Å². The summed E-state index contributed by atoms with van der Waals surface area (Å²) in [6, 6.07) is 6.41. The Morgan fingerprint density at radius 1 is 1.42 bits per heavy atom. The van der Waals surface area contributed by atoms with Crippen LogP contribution in [0.1, 0.15) is 11.3 Å². The molecule has 0 amide bonds. The van der Waals surface area contributed by atoms with E-state index in [4.69, 9.17) is 5.11 Å². The second-order valence-electron chi connectivity index (χ2n) is 3.89. The van der Waals surface area contributed by atoms with Crippen LogP contribution in [-0.2, 0) is 16.6 Å². The number of aromatic nitrogens is 1. The number of sulfonamides is 1. The second kappa shape index (κ2) is 5.16. The fourth-order valence-corrected chi connectivity index (χ4v) is 3.93. The van der Waals surface area contributed by atoms with Crippen molar-refractivity contribution >= 4 is 27.0 Å². The third-order valence-corrected chi connectivity index (χ3v) is 5.37. The minimum Gasteiger partial charge on any atom is -0.392 e. The van der Waals surface area contributed by atoms with Crippen LogP contribution in [0.15, 0.2) is 33.3 Å². The number of aliphatic hydroxyl groups is 1. The van der Waals surface area contributed by atoms with Gasteiger partial charge in [-0.25, -0.2) is 8.42 Å². The van der Waals surface area contributed by atoms with Crippen molar-refractivity contribution < 1.29 is 13.5 Å². The zero-order valence-corrected chi connectivity index (χ0v) is 11.6. The summed E-state index contributed by atoms with van der Waals surface area (Å²) in [5.41, 5.74) is 1.24. The van der Waals surface area contributed by atoms with E-state index >= 15 is 0 Å². The number of nitrogens with one attached hydrogen (secondary N) is 2. The molecule has 3 N–H and O–H groups in total. The molecule has 1 aromatic heterocycles. The van der Waals surface area contributed by atoms with E-state index in [9.17, 15) is 13.2 Å². The van der Waals surface area contributed by atoms with Gasteiger partial charge in [-0.15, -0.1) is 0 Å². The number of hydrogen-bond acceptors (Lipinski definition) is 5. The monoisotopic (exact) mass is 300 g/mol. The molecule has 2 aromatic rings. The molecule has 1 aromatic carbocycles. The van der Waals surface area contributed by atoms with E-state index in [1.165, 1.54) is 13.0 Å². The lowest BCUT2D eigenvalue weighted by molar-refractivity contribution is 0.282. The minimum absolute atomic E-state index is 0.0353. The van der Waals surface area contributed by atoms with Gasteiger partial charge in [0.05, 0.1) is 6.61 Å². The summed E-state index contributed by atoms with van der Waals surface area (Å²) in [7, 11) is -3.79. The van der Waals surface area contributed by atoms with Crippen molar-refractivity contribution in [1.29, 1.82) is 0 Å². The molecule has 0 aliphatic rings. The van der Waals surface area contributed by atoms with Gasteiger partial charge in [0.1, 0.15) is 0 Å². The van der Waals surface area contributed by atoms with Gasteiger partial charge in [-0.2, -0.15) is 0 Å². The molecule has 0 atom stereocenters. The predicted molar refractivity (Wildman–Crippen MR) is 72.9 cm³/mol. The SMILES string of the molecule is Cc1[nH]c(=O)sc1S(=O)(=O)Nc1cccc(CO)c1. The van der Waals surface area contributed by atoms with Crippen molar-refractivity contribution in [2.75, 3.05) is 4.72 Å². The first-order valence-corrected chi connectivity index (χ1v) is 7.64. The zero-order chi connectivity index (χ0) is 14.0. The van der Waals surface area contributed by atoms with Crippen LogP contribution < -0.4 is 9.60 Å². The summed E-state index contributed by atoms with van der Waals surface area (Å²) in [6.07, 6.45) is 0. The molecule has 0 aliphatic carbocycles. The van der Waals surface area contributed by atoms with E-state index in [1.807, 2.05) is 0 Å². The molecule has 0 aliphatic heterocycles. The Bertz CT molecular complexity index is 746. The molecular formula is C11H12N2O4S2. The summed E-state index contributed by atoms with van der Waals surface area (Å²) in [5, 5.41) is 9.00. The second-order valence-corrected chi connectivity index (χ2v) is 6.75. The maximum atomic E-state index is 12.1. The normalized spacial score (nSPS) is 11.5. The Kier molecular flexibility index (Phi) is 3.74. The third kappa shape index (κ3) is 3.03. The van der Waals surface area contributed by atoms with E-state index < -0.39 is 14.9 Å². The topological polar surface area (TPSA) is 99.3 Å². The molecule has 0 unspecified atom stereocenters. The van der Waals surface area contributed by atoms with E-state index in [0.717, 1.165) is 0 Å². The van der Waals surface area contributed by atoms with E-state index in [0.29, 0.717) is 28.3 Å². The van der Waals surface area contributed by atoms with Crippen LogP contribution in [-0.4, -0.2) is 18.5 Å². The van der Waals surface area contributed by atoms with Gasteiger partial charge in [-0.05, 0) is 24.6 Å². The van der Waals surface area contributed by atoms with Gasteiger partial charge in [0.15, 0.2) is 4.21 Å². The molecule has 0 spiro atoms. The Hall–Kier alpha value is -1.64. The number of thiazole rings is 1. The number of rotatable bonds is 4. The number of H-pyrrole nitrogens is 1. The maximum Gasteiger partial charge on any atom is 0.306 e. The number of aryl methyl sites for hydroxylation is 1. The molecule has 0 bridgehead atoms. The highest BCUT2D eigenvalue weighted by Gasteiger charge is 2.20. The molecule has 6 nitrogen and oxygen atoms in total. The van der Waals surface area contributed by atoms with Gasteiger partial charge in [-0.3, -0.25) is 9.52 Å². The number of benzene rings is 1. The lowest BCUT2D eigenvalue weighted by Gasteiger charge is -2.07. The number of aliphatic hydroxyl groups excluding tert-OH is 1. The Morgan fingerprint density at radius 3 is 2.74 bits per heavy atom. The summed E-state index contributed by atoms with van der Waals surface area (Å²) >= 11 is 0.640. The van der Waals surface area contributed by atoms with Gasteiger partial charge in [0.25, 0.3) is 10.0 Å². The molecule has 0 fully saturated rings. The summed E-state index contributed by atoms with van der Waals surface area (Å²) in [4.78, 5) is 13.2. The molecule has 1 heterocycles. The first-order chi connectivity index (χ1) is 8.92. The molecule has 0 saturated carbocycles. The lowest BCUT2D eigenvalue weighted by Crippen LogP contribution is -2.12. The highest BCUT2D eigenvalue weighted by Crippen LogP contribution is 2.20. The number of hydrogen-bond donors (Lipinski definition) is 3. The van der Waals surface area contributed by atoms with Crippen molar-refractivity contribution in [2.24, 2.45) is 0 Å². The first kappa shape index (κ1) is 13.8. The molecule has 0 saturated heterocycles. The first-order valence-electron chi connectivity index (χ1n) is 5.35. The average Bonchev–Trinajstić information content (AvgIpc) is 2.69. The fourth-order valence-electron chi connectivity index (χ4n) is 1.58. The molecule has 102 valence electrons. The predicted octanol–water partition coefficient (Wildman–Crippen LogP) is 1.04. The fraction of sp³-hybridized carbons (Fsp3) is 0.182. The van der Waals surface area contributed by atoms with Gasteiger partial charge in [0, 0.05) is 11.4 Å². The van der Waals surface area contributed by atoms with Crippen LogP contribution in [0.2, 0.25) is 0 Å². The third-order valence-electron chi connectivity index (χ3n) is 2.39. The lowest BCUT2D eigenvalue weighted by atomic mass is 10.2. The summed E-state index contributed by atoms with van der Waals surface area (Å²) in [6.45, 7) is 1.35. The van der Waals surface area contributed by atoms with Crippen LogP contribution >= 0.6 is 11.3 Å². The van der Waals surface area contributed by atoms with Crippen molar-refractivity contribution in [1.82, 2.24) is 4.98 Å². The summed E-state index contributed by atoms with van der Waals surface area (Å²) < 4.78 is 26.6. The Morgan fingerprint density at radius 2 is 2.16 bits per heavy atom. The largest absolute Gasteiger partial charge is 0.392 e. The van der Waals surface area contributed by atoms with Crippen LogP contribution in [0.3, 0.4) is 0 Å². The Balaban J connectivity index is 2.36. The molecule has 19 heavy (non-hydrogen) atoms. The maximum absolute atomic E-state index is 12.1. The van der Waals surface area contributed by atoms with Gasteiger partial charge < -0.3 is 10.1 Å². The van der Waals surface area contributed by atoms with Crippen LogP contribution in [0.5, 0.6) is 0 Å². The van der Waals surface area contributed by atoms with Gasteiger partial charge in [-0.1, -0.05) is 23.5 Å². The van der Waals surface area contributed by atoms with E-state index in [1.54, 1.807) is 18.2 Å². The average molecular weight is 300 g/mol. The molecule has 8 heteroatoms. The summed E-state index contributed by atoms with van der Waals surface area (Å²) in [5.74, 6) is 0. The van der Waals surface area contributed by atoms with E-state index in [-0.39, 0.29) is 10.8 Å². The smallest absolute Gasteiger partial charge is 0.306 e. The van der Waals surface area contributed by atoms with Gasteiger partial charge >= 0.3 is 4.87 Å². The zero-order valence-electron chi connectivity index (χ0n) is 10.0. The Labute approximate surface area is 113 Å². The van der Waals surface area contributed by atoms with Crippen LogP contribution in [0, 0.1) is 6.92 Å². The molecular weight excluding hydrogens is 288 g/mol. The minimum atomic E-state index is -3.79.